The van der Waals surface area contributed by atoms with Crippen molar-refractivity contribution in [1.82, 2.24) is 15.1 Å². The van der Waals surface area contributed by atoms with E-state index in [-0.39, 0.29) is 11.9 Å². The fourth-order valence-corrected chi connectivity index (χ4v) is 3.23. The first-order valence-corrected chi connectivity index (χ1v) is 9.73. The van der Waals surface area contributed by atoms with E-state index in [1.807, 2.05) is 66.2 Å². The number of aryl methyl sites for hydroxylation is 1. The minimum Gasteiger partial charge on any atom is -0.497 e. The molecule has 29 heavy (non-hydrogen) atoms. The lowest BCUT2D eigenvalue weighted by molar-refractivity contribution is 0.0934. The highest BCUT2D eigenvalue weighted by atomic mass is 16.5. The Bertz CT molecular complexity index is 967. The number of nitrogens with zero attached hydrogens (tertiary/aromatic N) is 2. The van der Waals surface area contributed by atoms with Crippen LogP contribution >= 0.6 is 0 Å². The molecule has 0 spiro atoms. The molecule has 0 unspecified atom stereocenters. The van der Waals surface area contributed by atoms with E-state index >= 15 is 0 Å². The largest absolute Gasteiger partial charge is 0.497 e. The van der Waals surface area contributed by atoms with Gasteiger partial charge in [0, 0.05) is 18.2 Å². The molecule has 6 nitrogen and oxygen atoms in total. The van der Waals surface area contributed by atoms with Crippen molar-refractivity contribution in [3.63, 3.8) is 0 Å². The number of rotatable bonds is 8. The lowest BCUT2D eigenvalue weighted by Crippen LogP contribution is -2.27. The maximum Gasteiger partial charge on any atom is 0.272 e. The van der Waals surface area contributed by atoms with Gasteiger partial charge in [-0.25, -0.2) is 0 Å². The Morgan fingerprint density at radius 2 is 1.86 bits per heavy atom. The zero-order valence-corrected chi connectivity index (χ0v) is 17.3. The van der Waals surface area contributed by atoms with Gasteiger partial charge in [-0.2, -0.15) is 5.10 Å². The average Bonchev–Trinajstić information content (AvgIpc) is 3.18. The Hall–Kier alpha value is -3.28. The third-order valence-electron chi connectivity index (χ3n) is 4.78. The fourth-order valence-electron chi connectivity index (χ4n) is 3.23. The van der Waals surface area contributed by atoms with Crippen molar-refractivity contribution in [2.75, 3.05) is 14.2 Å². The molecule has 1 aromatic heterocycles. The molecule has 0 saturated carbocycles. The highest BCUT2D eigenvalue weighted by Gasteiger charge is 2.20. The van der Waals surface area contributed by atoms with Crippen molar-refractivity contribution in [2.24, 2.45) is 0 Å². The Morgan fingerprint density at radius 1 is 1.10 bits per heavy atom. The molecule has 0 aliphatic carbocycles. The van der Waals surface area contributed by atoms with Crippen LogP contribution in [0, 0.1) is 0 Å². The molecule has 3 aromatic rings. The number of carbonyl (C=O) groups is 1. The summed E-state index contributed by atoms with van der Waals surface area (Å²) >= 11 is 0. The van der Waals surface area contributed by atoms with Crippen LogP contribution in [-0.4, -0.2) is 29.9 Å². The average molecular weight is 393 g/mol. The number of benzene rings is 2. The van der Waals surface area contributed by atoms with Crippen LogP contribution in [0.25, 0.3) is 11.3 Å². The van der Waals surface area contributed by atoms with Crippen molar-refractivity contribution < 1.29 is 14.3 Å². The van der Waals surface area contributed by atoms with Gasteiger partial charge in [0.1, 0.15) is 11.5 Å². The summed E-state index contributed by atoms with van der Waals surface area (Å²) in [6, 6.07) is 17.2. The molecule has 0 saturated heterocycles. The summed E-state index contributed by atoms with van der Waals surface area (Å²) in [7, 11) is 3.24. The number of methoxy groups -OCH3 is 2. The van der Waals surface area contributed by atoms with Gasteiger partial charge in [-0.05, 0) is 37.1 Å². The number of ether oxygens (including phenoxy) is 2. The van der Waals surface area contributed by atoms with Gasteiger partial charge in [-0.1, -0.05) is 37.3 Å². The van der Waals surface area contributed by atoms with Gasteiger partial charge in [0.05, 0.1) is 26.0 Å². The quantitative estimate of drug-likeness (QED) is 0.613. The van der Waals surface area contributed by atoms with Crippen LogP contribution in [0.2, 0.25) is 0 Å². The minimum atomic E-state index is -0.204. The Balaban J connectivity index is 1.92. The van der Waals surface area contributed by atoms with E-state index in [0.29, 0.717) is 23.7 Å². The Kier molecular flexibility index (Phi) is 6.54. The summed E-state index contributed by atoms with van der Waals surface area (Å²) in [4.78, 5) is 12.8. The SMILES string of the molecule is CCCn1nc(C(=O)N[C@H](C)c2ccccc2)cc1-c1ccc(OC)cc1OC. The van der Waals surface area contributed by atoms with Gasteiger partial charge >= 0.3 is 0 Å². The summed E-state index contributed by atoms with van der Waals surface area (Å²) < 4.78 is 12.7. The predicted molar refractivity (Wildman–Crippen MR) is 113 cm³/mol. The van der Waals surface area contributed by atoms with Crippen LogP contribution in [0.15, 0.2) is 54.6 Å². The van der Waals surface area contributed by atoms with E-state index in [1.165, 1.54) is 0 Å². The summed E-state index contributed by atoms with van der Waals surface area (Å²) in [5, 5.41) is 7.59. The van der Waals surface area contributed by atoms with E-state index in [9.17, 15) is 4.79 Å². The highest BCUT2D eigenvalue weighted by Crippen LogP contribution is 2.34. The van der Waals surface area contributed by atoms with Crippen LogP contribution in [0.3, 0.4) is 0 Å². The minimum absolute atomic E-state index is 0.112. The van der Waals surface area contributed by atoms with Crippen molar-refractivity contribution >= 4 is 5.91 Å². The number of amides is 1. The Morgan fingerprint density at radius 3 is 2.52 bits per heavy atom. The predicted octanol–water partition coefficient (Wildman–Crippen LogP) is 4.47. The molecule has 1 heterocycles. The van der Waals surface area contributed by atoms with E-state index in [0.717, 1.165) is 23.2 Å². The fraction of sp³-hybridized carbons (Fsp3) is 0.304. The van der Waals surface area contributed by atoms with Gasteiger partial charge in [0.15, 0.2) is 5.69 Å². The van der Waals surface area contributed by atoms with Crippen molar-refractivity contribution in [2.45, 2.75) is 32.9 Å². The molecule has 1 atom stereocenters. The normalized spacial score (nSPS) is 11.7. The summed E-state index contributed by atoms with van der Waals surface area (Å²) in [5.41, 5.74) is 3.13. The van der Waals surface area contributed by atoms with Crippen LogP contribution in [0.5, 0.6) is 11.5 Å². The standard InChI is InChI=1S/C23H27N3O3/c1-5-13-26-21(19-12-11-18(28-3)14-22(19)29-4)15-20(25-26)23(27)24-16(2)17-9-7-6-8-10-17/h6-12,14-16H,5,13H2,1-4H3,(H,24,27)/t16-/m1/s1. The lowest BCUT2D eigenvalue weighted by Gasteiger charge is -2.13. The maximum absolute atomic E-state index is 12.8. The lowest BCUT2D eigenvalue weighted by atomic mass is 10.1. The van der Waals surface area contributed by atoms with Crippen molar-refractivity contribution in [3.8, 4) is 22.8 Å². The van der Waals surface area contributed by atoms with E-state index in [2.05, 4.69) is 17.3 Å². The summed E-state index contributed by atoms with van der Waals surface area (Å²) in [6.45, 7) is 4.74. The second kappa shape index (κ2) is 9.28. The van der Waals surface area contributed by atoms with Gasteiger partial charge < -0.3 is 14.8 Å². The van der Waals surface area contributed by atoms with Gasteiger partial charge in [-0.15, -0.1) is 0 Å². The molecule has 152 valence electrons. The molecule has 1 amide bonds. The molecular weight excluding hydrogens is 366 g/mol. The van der Waals surface area contributed by atoms with E-state index in [1.54, 1.807) is 14.2 Å². The molecule has 0 fully saturated rings. The first-order chi connectivity index (χ1) is 14.1. The molecule has 2 aromatic carbocycles. The zero-order chi connectivity index (χ0) is 20.8. The second-order valence-corrected chi connectivity index (χ2v) is 6.81. The molecule has 3 rings (SSSR count). The van der Waals surface area contributed by atoms with E-state index < -0.39 is 0 Å². The second-order valence-electron chi connectivity index (χ2n) is 6.81. The summed E-state index contributed by atoms with van der Waals surface area (Å²) in [5.74, 6) is 1.18. The first kappa shape index (κ1) is 20.5. The number of hydrogen-bond acceptors (Lipinski definition) is 4. The van der Waals surface area contributed by atoms with Crippen LogP contribution in [0.1, 0.15) is 42.4 Å². The molecule has 1 N–H and O–H groups in total. The van der Waals surface area contributed by atoms with Crippen LogP contribution in [0.4, 0.5) is 0 Å². The molecule has 0 aliphatic heterocycles. The monoisotopic (exact) mass is 393 g/mol. The number of carbonyl (C=O) groups excluding carboxylic acids is 1. The maximum atomic E-state index is 12.8. The third kappa shape index (κ3) is 4.59. The van der Waals surface area contributed by atoms with Gasteiger partial charge in [0.2, 0.25) is 0 Å². The van der Waals surface area contributed by atoms with Crippen LogP contribution < -0.4 is 14.8 Å². The molecule has 0 bridgehead atoms. The topological polar surface area (TPSA) is 65.4 Å². The summed E-state index contributed by atoms with van der Waals surface area (Å²) in [6.07, 6.45) is 0.897. The number of aromatic nitrogens is 2. The Labute approximate surface area is 171 Å². The van der Waals surface area contributed by atoms with Crippen molar-refractivity contribution in [1.29, 1.82) is 0 Å². The number of nitrogens with one attached hydrogen (secondary N) is 1. The third-order valence-corrected chi connectivity index (χ3v) is 4.78. The van der Waals surface area contributed by atoms with Gasteiger partial charge in [-0.3, -0.25) is 9.48 Å². The molecular formula is C23H27N3O3. The van der Waals surface area contributed by atoms with Crippen molar-refractivity contribution in [3.05, 3.63) is 65.9 Å². The van der Waals surface area contributed by atoms with Gasteiger partial charge in [0.25, 0.3) is 5.91 Å². The van der Waals surface area contributed by atoms with E-state index in [4.69, 9.17) is 9.47 Å². The number of hydrogen-bond donors (Lipinski definition) is 1. The zero-order valence-electron chi connectivity index (χ0n) is 17.3. The highest BCUT2D eigenvalue weighted by molar-refractivity contribution is 5.94. The molecule has 0 radical (unpaired) electrons. The smallest absolute Gasteiger partial charge is 0.272 e. The first-order valence-electron chi connectivity index (χ1n) is 9.73. The van der Waals surface area contributed by atoms with Crippen LogP contribution in [-0.2, 0) is 6.54 Å². The molecule has 0 aliphatic rings. The molecule has 6 heteroatoms.